The lowest BCUT2D eigenvalue weighted by Gasteiger charge is -2.20. The third kappa shape index (κ3) is 26.5. The summed E-state index contributed by atoms with van der Waals surface area (Å²) in [7, 11) is 1.95. The third-order valence-electron chi connectivity index (χ3n) is 4.09. The normalized spacial score (nSPS) is 12.2. The van der Waals surface area contributed by atoms with E-state index in [9.17, 15) is 0 Å². The molecular formula is C28H56N2. The van der Waals surface area contributed by atoms with Gasteiger partial charge in [0.15, 0.2) is 0 Å². The number of nitrogens with one attached hydrogen (secondary N) is 2. The number of hydrogen-bond acceptors (Lipinski definition) is 2. The van der Waals surface area contributed by atoms with E-state index in [0.29, 0.717) is 11.5 Å². The predicted molar refractivity (Wildman–Crippen MR) is 144 cm³/mol. The maximum absolute atomic E-state index is 4.19. The van der Waals surface area contributed by atoms with Crippen molar-refractivity contribution in [1.29, 1.82) is 0 Å². The molecule has 0 heterocycles. The summed E-state index contributed by atoms with van der Waals surface area (Å²) >= 11 is 0. The largest absolute Gasteiger partial charge is 0.391 e. The molecule has 2 N–H and O–H groups in total. The number of allylic oxidation sites excluding steroid dienone is 5. The molecule has 0 saturated carbocycles. The molecule has 30 heavy (non-hydrogen) atoms. The van der Waals surface area contributed by atoms with Crippen molar-refractivity contribution in [3.05, 3.63) is 60.9 Å². The van der Waals surface area contributed by atoms with Crippen molar-refractivity contribution >= 4 is 0 Å². The highest BCUT2D eigenvalue weighted by atomic mass is 14.9. The van der Waals surface area contributed by atoms with Gasteiger partial charge in [0.2, 0.25) is 0 Å². The van der Waals surface area contributed by atoms with Crippen LogP contribution in [0.1, 0.15) is 95.4 Å². The van der Waals surface area contributed by atoms with Crippen LogP contribution < -0.4 is 10.6 Å². The quantitative estimate of drug-likeness (QED) is 0.273. The Morgan fingerprint density at radius 1 is 1.03 bits per heavy atom. The van der Waals surface area contributed by atoms with Crippen LogP contribution in [0.5, 0.6) is 0 Å². The van der Waals surface area contributed by atoms with Gasteiger partial charge in [0, 0.05) is 31.2 Å². The first-order chi connectivity index (χ1) is 14.0. The first-order valence-corrected chi connectivity index (χ1v) is 11.7. The van der Waals surface area contributed by atoms with Crippen molar-refractivity contribution in [1.82, 2.24) is 10.6 Å². The van der Waals surface area contributed by atoms with E-state index in [2.05, 4.69) is 84.9 Å². The van der Waals surface area contributed by atoms with Crippen LogP contribution >= 0.6 is 0 Å². The van der Waals surface area contributed by atoms with Crippen LogP contribution in [-0.4, -0.2) is 19.1 Å². The Balaban J connectivity index is -0.000000283. The Morgan fingerprint density at radius 2 is 1.50 bits per heavy atom. The molecule has 0 aromatic heterocycles. The fourth-order valence-corrected chi connectivity index (χ4v) is 2.01. The average Bonchev–Trinajstić information content (AvgIpc) is 2.72. The molecule has 1 atom stereocenters. The van der Waals surface area contributed by atoms with Gasteiger partial charge in [0.05, 0.1) is 0 Å². The number of rotatable bonds is 10. The van der Waals surface area contributed by atoms with Gasteiger partial charge in [-0.15, -0.1) is 6.58 Å². The molecule has 1 unspecified atom stereocenters. The molecule has 0 bridgehead atoms. The highest BCUT2D eigenvalue weighted by Gasteiger charge is 2.09. The van der Waals surface area contributed by atoms with Gasteiger partial charge in [-0.05, 0) is 24.3 Å². The minimum atomic E-state index is 0.282. The lowest BCUT2D eigenvalue weighted by molar-refractivity contribution is 0.398. The van der Waals surface area contributed by atoms with E-state index in [0.717, 1.165) is 12.8 Å². The standard InChI is InChI=1S/C18H30N2.C6H14.2C2H6/c1-8-10-11-16(6)18(19-7)13-15(5)12-17(9-2)20-14(3)4;1-5-6(2,3)4;2*1-2/h8-11,14,17,19-20H,1-2,5,12-13H2,3-4,6-7H3;5H2,1-4H3;2*1-2H3/b11-10-,18-16+;;;. The van der Waals surface area contributed by atoms with Gasteiger partial charge in [-0.2, -0.15) is 0 Å². The maximum Gasteiger partial charge on any atom is 0.0286 e. The van der Waals surface area contributed by atoms with Gasteiger partial charge in [-0.25, -0.2) is 0 Å². The van der Waals surface area contributed by atoms with Crippen molar-refractivity contribution in [2.24, 2.45) is 5.41 Å². The van der Waals surface area contributed by atoms with Crippen LogP contribution in [0.4, 0.5) is 0 Å². The summed E-state index contributed by atoms with van der Waals surface area (Å²) in [5, 5.41) is 6.73. The Kier molecular flexibility index (Phi) is 28.4. The summed E-state index contributed by atoms with van der Waals surface area (Å²) in [5.41, 5.74) is 4.14. The molecule has 0 aromatic rings. The molecule has 0 fully saturated rings. The molecule has 0 aliphatic rings. The Bertz CT molecular complexity index is 473. The topological polar surface area (TPSA) is 24.1 Å². The van der Waals surface area contributed by atoms with Gasteiger partial charge >= 0.3 is 0 Å². The molecule has 0 radical (unpaired) electrons. The fraction of sp³-hybridized carbons (Fsp3) is 0.643. The van der Waals surface area contributed by atoms with Crippen LogP contribution in [0.3, 0.4) is 0 Å². The van der Waals surface area contributed by atoms with Gasteiger partial charge in [-0.1, -0.05) is 119 Å². The minimum Gasteiger partial charge on any atom is -0.391 e. The summed E-state index contributed by atoms with van der Waals surface area (Å²) in [6.45, 7) is 35.1. The van der Waals surface area contributed by atoms with E-state index in [-0.39, 0.29) is 6.04 Å². The summed E-state index contributed by atoms with van der Waals surface area (Å²) < 4.78 is 0. The second kappa shape index (κ2) is 23.7. The van der Waals surface area contributed by atoms with Crippen LogP contribution in [0.15, 0.2) is 60.9 Å². The average molecular weight is 421 g/mol. The lowest BCUT2D eigenvalue weighted by Crippen LogP contribution is -2.33. The van der Waals surface area contributed by atoms with Gasteiger partial charge in [-0.3, -0.25) is 0 Å². The lowest BCUT2D eigenvalue weighted by atomic mass is 9.94. The predicted octanol–water partition coefficient (Wildman–Crippen LogP) is 8.61. The summed E-state index contributed by atoms with van der Waals surface area (Å²) in [5.74, 6) is 0. The van der Waals surface area contributed by atoms with Gasteiger partial charge in [0.1, 0.15) is 0 Å². The van der Waals surface area contributed by atoms with Crippen molar-refractivity contribution in [2.75, 3.05) is 7.05 Å². The van der Waals surface area contributed by atoms with Crippen molar-refractivity contribution < 1.29 is 0 Å². The van der Waals surface area contributed by atoms with E-state index < -0.39 is 0 Å². The second-order valence-corrected chi connectivity index (χ2v) is 8.22. The molecular weight excluding hydrogens is 364 g/mol. The molecule has 0 aromatic carbocycles. The van der Waals surface area contributed by atoms with E-state index >= 15 is 0 Å². The highest BCUT2D eigenvalue weighted by molar-refractivity contribution is 5.28. The van der Waals surface area contributed by atoms with E-state index in [4.69, 9.17) is 0 Å². The van der Waals surface area contributed by atoms with E-state index in [1.54, 1.807) is 6.08 Å². The van der Waals surface area contributed by atoms with Gasteiger partial charge in [0.25, 0.3) is 0 Å². The molecule has 0 aliphatic heterocycles. The summed E-state index contributed by atoms with van der Waals surface area (Å²) in [6, 6.07) is 0.729. The third-order valence-corrected chi connectivity index (χ3v) is 4.09. The fourth-order valence-electron chi connectivity index (χ4n) is 2.01. The first kappa shape index (κ1) is 35.9. The first-order valence-electron chi connectivity index (χ1n) is 11.7. The Hall–Kier alpha value is -1.54. The van der Waals surface area contributed by atoms with E-state index in [1.807, 2.05) is 46.9 Å². The Labute approximate surface area is 191 Å². The number of hydrogen-bond donors (Lipinski definition) is 2. The van der Waals surface area contributed by atoms with E-state index in [1.165, 1.54) is 23.3 Å². The van der Waals surface area contributed by atoms with Crippen LogP contribution in [0, 0.1) is 5.41 Å². The molecule has 2 heteroatoms. The van der Waals surface area contributed by atoms with Crippen LogP contribution in [-0.2, 0) is 0 Å². The van der Waals surface area contributed by atoms with Gasteiger partial charge < -0.3 is 10.6 Å². The molecule has 0 spiro atoms. The molecule has 2 nitrogen and oxygen atoms in total. The Morgan fingerprint density at radius 3 is 1.80 bits per heavy atom. The molecule has 0 rings (SSSR count). The minimum absolute atomic E-state index is 0.282. The zero-order valence-electron chi connectivity index (χ0n) is 22.7. The maximum atomic E-state index is 4.19. The van der Waals surface area contributed by atoms with Crippen LogP contribution in [0.2, 0.25) is 0 Å². The summed E-state index contributed by atoms with van der Waals surface area (Å²) in [6.07, 6.45) is 10.8. The SMILES string of the molecule is C=C/C=C\C(C)=C(/CC(=C)CC(C=C)NC(C)C)NC.CC.CC.CCC(C)(C)C. The zero-order chi connectivity index (χ0) is 24.8. The van der Waals surface area contributed by atoms with Crippen molar-refractivity contribution in [3.8, 4) is 0 Å². The van der Waals surface area contributed by atoms with Crippen molar-refractivity contribution in [3.63, 3.8) is 0 Å². The zero-order valence-corrected chi connectivity index (χ0v) is 22.7. The monoisotopic (exact) mass is 420 g/mol. The van der Waals surface area contributed by atoms with Crippen LogP contribution in [0.25, 0.3) is 0 Å². The summed E-state index contributed by atoms with van der Waals surface area (Å²) in [4.78, 5) is 0. The highest BCUT2D eigenvalue weighted by Crippen LogP contribution is 2.17. The molecule has 0 saturated heterocycles. The molecule has 0 amide bonds. The van der Waals surface area contributed by atoms with Crippen molar-refractivity contribution in [2.45, 2.75) is 108 Å². The molecule has 0 aliphatic carbocycles. The smallest absolute Gasteiger partial charge is 0.0286 e. The second-order valence-electron chi connectivity index (χ2n) is 8.22. The molecule has 178 valence electrons.